The lowest BCUT2D eigenvalue weighted by atomic mass is 10.2. The predicted octanol–water partition coefficient (Wildman–Crippen LogP) is 4.12. The first kappa shape index (κ1) is 17.5. The maximum Gasteiger partial charge on any atom is 0.388 e. The molecule has 0 aliphatic carbocycles. The van der Waals surface area contributed by atoms with Crippen molar-refractivity contribution in [3.05, 3.63) is 0 Å². The second kappa shape index (κ2) is 8.06. The molecule has 1 atom stereocenters. The van der Waals surface area contributed by atoms with Gasteiger partial charge in [0.05, 0.1) is 6.61 Å². The molecule has 0 amide bonds. The van der Waals surface area contributed by atoms with Crippen LogP contribution in [0.1, 0.15) is 32.1 Å². The summed E-state index contributed by atoms with van der Waals surface area (Å²) in [6.07, 6.45) is -1.25. The number of hydrogen-bond donors (Lipinski definition) is 0. The first-order chi connectivity index (χ1) is 9.29. The molecule has 0 saturated carbocycles. The lowest BCUT2D eigenvalue weighted by Crippen LogP contribution is -2.26. The second-order valence-electron chi connectivity index (χ2n) is 5.72. The van der Waals surface area contributed by atoms with Gasteiger partial charge in [-0.2, -0.15) is 13.2 Å². The Morgan fingerprint density at radius 1 is 1.30 bits per heavy atom. The van der Waals surface area contributed by atoms with Crippen molar-refractivity contribution in [2.75, 3.05) is 13.2 Å². The summed E-state index contributed by atoms with van der Waals surface area (Å²) in [6.45, 7) is 4.98. The van der Waals surface area contributed by atoms with E-state index < -0.39 is 20.7 Å². The highest BCUT2D eigenvalue weighted by Gasteiger charge is 2.31. The first-order valence-corrected chi connectivity index (χ1v) is 10.3. The molecule has 0 aromatic rings. The van der Waals surface area contributed by atoms with Crippen LogP contribution in [-0.4, -0.2) is 33.8 Å². The van der Waals surface area contributed by atoms with E-state index in [1.165, 1.54) is 0 Å². The summed E-state index contributed by atoms with van der Waals surface area (Å²) in [5.41, 5.74) is 3.04. The molecule has 0 aromatic carbocycles. The lowest BCUT2D eigenvalue weighted by Gasteiger charge is -2.22. The van der Waals surface area contributed by atoms with E-state index in [9.17, 15) is 13.2 Å². The normalized spacial score (nSPS) is 20.4. The SMILES string of the molecule is C[Si](C)(C#CCCOC1CCCCO1)CCC(F)(F)F. The van der Waals surface area contributed by atoms with Crippen LogP contribution < -0.4 is 0 Å². The molecule has 0 bridgehead atoms. The minimum atomic E-state index is -4.08. The standard InChI is InChI=1S/C14H23F3O2Si/c1-20(2,12-8-14(15,16)17)11-6-5-10-19-13-7-3-4-9-18-13/h13H,3-5,7-10,12H2,1-2H3. The fourth-order valence-corrected chi connectivity index (χ4v) is 3.54. The molecule has 1 unspecified atom stereocenters. The Hall–Kier alpha value is -0.513. The molecular weight excluding hydrogens is 285 g/mol. The highest BCUT2D eigenvalue weighted by atomic mass is 28.3. The number of ether oxygens (including phenoxy) is 2. The molecule has 116 valence electrons. The molecule has 1 fully saturated rings. The molecule has 0 radical (unpaired) electrons. The van der Waals surface area contributed by atoms with Crippen LogP contribution in [0.3, 0.4) is 0 Å². The van der Waals surface area contributed by atoms with Crippen LogP contribution in [0.4, 0.5) is 13.2 Å². The van der Waals surface area contributed by atoms with E-state index in [2.05, 4.69) is 11.5 Å². The van der Waals surface area contributed by atoms with Gasteiger partial charge in [-0.3, -0.25) is 0 Å². The Bertz CT molecular complexity index is 339. The monoisotopic (exact) mass is 308 g/mol. The zero-order valence-electron chi connectivity index (χ0n) is 12.2. The number of rotatable bonds is 5. The number of hydrogen-bond acceptors (Lipinski definition) is 2. The van der Waals surface area contributed by atoms with Crippen molar-refractivity contribution in [3.8, 4) is 11.5 Å². The van der Waals surface area contributed by atoms with Crippen molar-refractivity contribution in [1.29, 1.82) is 0 Å². The topological polar surface area (TPSA) is 18.5 Å². The minimum absolute atomic E-state index is 0.124. The third-order valence-corrected chi connectivity index (χ3v) is 5.48. The average molecular weight is 308 g/mol. The number of halogens is 3. The van der Waals surface area contributed by atoms with Gasteiger partial charge in [-0.05, 0) is 25.3 Å². The molecule has 0 aromatic heterocycles. The first-order valence-electron chi connectivity index (χ1n) is 7.08. The van der Waals surface area contributed by atoms with Crippen molar-refractivity contribution in [2.24, 2.45) is 0 Å². The van der Waals surface area contributed by atoms with Crippen LogP contribution in [0.15, 0.2) is 0 Å². The van der Waals surface area contributed by atoms with Gasteiger partial charge in [0, 0.05) is 19.4 Å². The third kappa shape index (κ3) is 8.62. The van der Waals surface area contributed by atoms with Crippen LogP contribution in [0.5, 0.6) is 0 Å². The van der Waals surface area contributed by atoms with Crippen LogP contribution >= 0.6 is 0 Å². The largest absolute Gasteiger partial charge is 0.388 e. The van der Waals surface area contributed by atoms with Crippen molar-refractivity contribution in [3.63, 3.8) is 0 Å². The van der Waals surface area contributed by atoms with Gasteiger partial charge in [0.25, 0.3) is 0 Å². The van der Waals surface area contributed by atoms with E-state index in [1.54, 1.807) is 0 Å². The summed E-state index contributed by atoms with van der Waals surface area (Å²) < 4.78 is 47.5. The lowest BCUT2D eigenvalue weighted by molar-refractivity contribution is -0.161. The summed E-state index contributed by atoms with van der Waals surface area (Å²) in [7, 11) is -2.07. The molecule has 1 saturated heterocycles. The van der Waals surface area contributed by atoms with E-state index in [1.807, 2.05) is 13.1 Å². The summed E-state index contributed by atoms with van der Waals surface area (Å²) >= 11 is 0. The smallest absolute Gasteiger partial charge is 0.353 e. The summed E-state index contributed by atoms with van der Waals surface area (Å²) in [6, 6.07) is 0.163. The van der Waals surface area contributed by atoms with E-state index in [4.69, 9.17) is 9.47 Å². The molecular formula is C14H23F3O2Si. The minimum Gasteiger partial charge on any atom is -0.353 e. The van der Waals surface area contributed by atoms with Crippen LogP contribution in [0.2, 0.25) is 19.1 Å². The van der Waals surface area contributed by atoms with E-state index in [0.717, 1.165) is 25.9 Å². The molecule has 2 nitrogen and oxygen atoms in total. The van der Waals surface area contributed by atoms with Crippen LogP contribution in [0.25, 0.3) is 0 Å². The molecule has 1 aliphatic rings. The molecule has 6 heteroatoms. The molecule has 1 heterocycles. The Morgan fingerprint density at radius 2 is 2.05 bits per heavy atom. The van der Waals surface area contributed by atoms with Gasteiger partial charge in [-0.25, -0.2) is 0 Å². The Kier molecular flexibility index (Phi) is 7.07. The summed E-state index contributed by atoms with van der Waals surface area (Å²) in [5.74, 6) is 2.97. The zero-order valence-corrected chi connectivity index (χ0v) is 13.2. The predicted molar refractivity (Wildman–Crippen MR) is 74.9 cm³/mol. The van der Waals surface area contributed by atoms with Gasteiger partial charge in [-0.15, -0.1) is 11.5 Å². The maximum absolute atomic E-state index is 12.2. The van der Waals surface area contributed by atoms with Gasteiger partial charge in [-0.1, -0.05) is 13.1 Å². The molecule has 0 spiro atoms. The summed E-state index contributed by atoms with van der Waals surface area (Å²) in [4.78, 5) is 0. The maximum atomic E-state index is 12.2. The van der Waals surface area contributed by atoms with Crippen LogP contribution in [-0.2, 0) is 9.47 Å². The van der Waals surface area contributed by atoms with Gasteiger partial charge in [0.2, 0.25) is 0 Å². The van der Waals surface area contributed by atoms with Crippen molar-refractivity contribution < 1.29 is 22.6 Å². The van der Waals surface area contributed by atoms with Crippen molar-refractivity contribution in [1.82, 2.24) is 0 Å². The average Bonchev–Trinajstić information content (AvgIpc) is 2.37. The molecule has 0 N–H and O–H groups in total. The van der Waals surface area contributed by atoms with E-state index in [0.29, 0.717) is 13.0 Å². The highest BCUT2D eigenvalue weighted by molar-refractivity contribution is 6.85. The van der Waals surface area contributed by atoms with Crippen molar-refractivity contribution >= 4 is 8.07 Å². The van der Waals surface area contributed by atoms with E-state index >= 15 is 0 Å². The zero-order chi connectivity index (χ0) is 15.1. The quantitative estimate of drug-likeness (QED) is 0.432. The fourth-order valence-electron chi connectivity index (χ4n) is 1.90. The van der Waals surface area contributed by atoms with Gasteiger partial charge in [0.15, 0.2) is 6.29 Å². The van der Waals surface area contributed by atoms with Crippen molar-refractivity contribution in [2.45, 2.75) is 63.7 Å². The molecule has 1 aliphatic heterocycles. The number of alkyl halides is 3. The van der Waals surface area contributed by atoms with E-state index in [-0.39, 0.29) is 12.3 Å². The second-order valence-corrected chi connectivity index (χ2v) is 10.2. The molecule has 20 heavy (non-hydrogen) atoms. The Morgan fingerprint density at radius 3 is 2.65 bits per heavy atom. The fraction of sp³-hybridized carbons (Fsp3) is 0.857. The third-order valence-electron chi connectivity index (χ3n) is 3.13. The van der Waals surface area contributed by atoms with Gasteiger partial charge in [0.1, 0.15) is 8.07 Å². The van der Waals surface area contributed by atoms with Crippen LogP contribution in [0, 0.1) is 11.5 Å². The van der Waals surface area contributed by atoms with Gasteiger partial charge >= 0.3 is 6.18 Å². The highest BCUT2D eigenvalue weighted by Crippen LogP contribution is 2.25. The summed E-state index contributed by atoms with van der Waals surface area (Å²) in [5, 5.41) is 0. The Labute approximate surface area is 120 Å². The molecule has 1 rings (SSSR count). The Balaban J connectivity index is 2.19. The van der Waals surface area contributed by atoms with Gasteiger partial charge < -0.3 is 9.47 Å².